The van der Waals surface area contributed by atoms with Gasteiger partial charge in [0.05, 0.1) is 18.2 Å². The highest BCUT2D eigenvalue weighted by Crippen LogP contribution is 2.15. The first-order chi connectivity index (χ1) is 10.5. The van der Waals surface area contributed by atoms with Crippen LogP contribution in [0.25, 0.3) is 0 Å². The third-order valence-corrected chi connectivity index (χ3v) is 3.54. The molecule has 2 rings (SSSR count). The zero-order valence-electron chi connectivity index (χ0n) is 13.6. The van der Waals surface area contributed by atoms with Gasteiger partial charge in [0.2, 0.25) is 5.89 Å². The number of rotatable bonds is 6. The molecule has 1 aromatic carbocycles. The summed E-state index contributed by atoms with van der Waals surface area (Å²) in [5.41, 5.74) is 1.84. The van der Waals surface area contributed by atoms with Gasteiger partial charge in [-0.25, -0.2) is 0 Å². The van der Waals surface area contributed by atoms with E-state index in [1.165, 1.54) is 0 Å². The molecule has 116 valence electrons. The summed E-state index contributed by atoms with van der Waals surface area (Å²) in [6.07, 6.45) is 0. The van der Waals surface area contributed by atoms with Crippen molar-refractivity contribution in [1.82, 2.24) is 15.0 Å². The van der Waals surface area contributed by atoms with Crippen LogP contribution in [0.4, 0.5) is 0 Å². The van der Waals surface area contributed by atoms with Gasteiger partial charge in [-0.1, -0.05) is 31.1 Å². The molecule has 0 amide bonds. The standard InChI is InChI=1S/C17H22N4O/c1-12(2)17-19-16(22-20-17)11-21(13(3)4)10-15-7-5-14(9-18)6-8-15/h5-8,12-13H,10-11H2,1-4H3. The molecule has 5 nitrogen and oxygen atoms in total. The zero-order chi connectivity index (χ0) is 16.1. The van der Waals surface area contributed by atoms with E-state index in [0.717, 1.165) is 17.9 Å². The second-order valence-electron chi connectivity index (χ2n) is 6.01. The number of aromatic nitrogens is 2. The van der Waals surface area contributed by atoms with Crippen LogP contribution in [-0.4, -0.2) is 21.1 Å². The summed E-state index contributed by atoms with van der Waals surface area (Å²) in [6.45, 7) is 9.78. The van der Waals surface area contributed by atoms with Crippen LogP contribution < -0.4 is 0 Å². The van der Waals surface area contributed by atoms with Gasteiger partial charge in [0.15, 0.2) is 5.82 Å². The SMILES string of the molecule is CC(C)c1noc(CN(Cc2ccc(C#N)cc2)C(C)C)n1. The van der Waals surface area contributed by atoms with E-state index in [0.29, 0.717) is 24.0 Å². The van der Waals surface area contributed by atoms with Gasteiger partial charge >= 0.3 is 0 Å². The normalized spacial score (nSPS) is 11.4. The highest BCUT2D eigenvalue weighted by atomic mass is 16.5. The maximum Gasteiger partial charge on any atom is 0.240 e. The fourth-order valence-corrected chi connectivity index (χ4v) is 2.08. The van der Waals surface area contributed by atoms with Crippen LogP contribution >= 0.6 is 0 Å². The Labute approximate surface area is 131 Å². The first-order valence-corrected chi connectivity index (χ1v) is 7.55. The molecule has 0 unspecified atom stereocenters. The fraction of sp³-hybridized carbons (Fsp3) is 0.471. The Morgan fingerprint density at radius 2 is 1.82 bits per heavy atom. The van der Waals surface area contributed by atoms with Gasteiger partial charge in [-0.05, 0) is 31.5 Å². The minimum Gasteiger partial charge on any atom is -0.338 e. The van der Waals surface area contributed by atoms with Gasteiger partial charge < -0.3 is 4.52 Å². The van der Waals surface area contributed by atoms with Crippen molar-refractivity contribution in [2.24, 2.45) is 0 Å². The first-order valence-electron chi connectivity index (χ1n) is 7.55. The van der Waals surface area contributed by atoms with Crippen molar-refractivity contribution < 1.29 is 4.52 Å². The highest BCUT2D eigenvalue weighted by molar-refractivity contribution is 5.31. The summed E-state index contributed by atoms with van der Waals surface area (Å²) in [5.74, 6) is 1.66. The topological polar surface area (TPSA) is 66.0 Å². The van der Waals surface area contributed by atoms with Crippen molar-refractivity contribution in [2.45, 2.75) is 52.7 Å². The molecule has 0 aliphatic heterocycles. The Hall–Kier alpha value is -2.19. The Kier molecular flexibility index (Phi) is 5.29. The summed E-state index contributed by atoms with van der Waals surface area (Å²) in [4.78, 5) is 6.70. The molecule has 0 radical (unpaired) electrons. The maximum atomic E-state index is 8.85. The molecular weight excluding hydrogens is 276 g/mol. The van der Waals surface area contributed by atoms with E-state index in [1.54, 1.807) is 0 Å². The Morgan fingerprint density at radius 3 is 2.32 bits per heavy atom. The molecule has 0 atom stereocenters. The van der Waals surface area contributed by atoms with Crippen LogP contribution in [0.3, 0.4) is 0 Å². The summed E-state index contributed by atoms with van der Waals surface area (Å²) in [5, 5.41) is 12.9. The molecule has 0 saturated heterocycles. The van der Waals surface area contributed by atoms with E-state index in [4.69, 9.17) is 9.78 Å². The van der Waals surface area contributed by atoms with Gasteiger partial charge in [-0.15, -0.1) is 0 Å². The second-order valence-corrected chi connectivity index (χ2v) is 6.01. The largest absolute Gasteiger partial charge is 0.338 e. The molecular formula is C17H22N4O. The van der Waals surface area contributed by atoms with Crippen molar-refractivity contribution in [3.05, 3.63) is 47.1 Å². The van der Waals surface area contributed by atoms with Gasteiger partial charge in [0.1, 0.15) is 0 Å². The van der Waals surface area contributed by atoms with E-state index in [1.807, 2.05) is 38.1 Å². The second kappa shape index (κ2) is 7.19. The fourth-order valence-electron chi connectivity index (χ4n) is 2.08. The predicted octanol–water partition coefficient (Wildman–Crippen LogP) is 3.48. The van der Waals surface area contributed by atoms with Crippen molar-refractivity contribution in [3.63, 3.8) is 0 Å². The van der Waals surface area contributed by atoms with Crippen molar-refractivity contribution >= 4 is 0 Å². The molecule has 0 aliphatic rings. The monoisotopic (exact) mass is 298 g/mol. The lowest BCUT2D eigenvalue weighted by Gasteiger charge is -2.24. The van der Waals surface area contributed by atoms with Crippen molar-refractivity contribution in [2.75, 3.05) is 0 Å². The lowest BCUT2D eigenvalue weighted by atomic mass is 10.1. The lowest BCUT2D eigenvalue weighted by Crippen LogP contribution is -2.30. The first kappa shape index (κ1) is 16.2. The molecule has 0 saturated carbocycles. The van der Waals surface area contributed by atoms with Crippen molar-refractivity contribution in [3.8, 4) is 6.07 Å². The third kappa shape index (κ3) is 4.15. The van der Waals surface area contributed by atoms with Crippen LogP contribution in [0.5, 0.6) is 0 Å². The average molecular weight is 298 g/mol. The van der Waals surface area contributed by atoms with E-state index < -0.39 is 0 Å². The molecule has 1 aromatic heterocycles. The minimum atomic E-state index is 0.267. The van der Waals surface area contributed by atoms with Crippen LogP contribution in [0.15, 0.2) is 28.8 Å². The van der Waals surface area contributed by atoms with Gasteiger partial charge in [-0.3, -0.25) is 4.90 Å². The number of benzene rings is 1. The summed E-state index contributed by atoms with van der Waals surface area (Å²) >= 11 is 0. The zero-order valence-corrected chi connectivity index (χ0v) is 13.6. The van der Waals surface area contributed by atoms with Gasteiger partial charge in [0.25, 0.3) is 0 Å². The number of hydrogen-bond acceptors (Lipinski definition) is 5. The molecule has 1 heterocycles. The lowest BCUT2D eigenvalue weighted by molar-refractivity contribution is 0.176. The van der Waals surface area contributed by atoms with Gasteiger partial charge in [-0.2, -0.15) is 10.2 Å². The molecule has 0 N–H and O–H groups in total. The minimum absolute atomic E-state index is 0.267. The third-order valence-electron chi connectivity index (χ3n) is 3.54. The van der Waals surface area contributed by atoms with Crippen LogP contribution in [-0.2, 0) is 13.1 Å². The molecule has 2 aromatic rings. The van der Waals surface area contributed by atoms with Crippen LogP contribution in [0.1, 0.15) is 56.5 Å². The van der Waals surface area contributed by atoms with E-state index in [2.05, 4.69) is 35.0 Å². The van der Waals surface area contributed by atoms with E-state index in [9.17, 15) is 0 Å². The number of nitrogens with zero attached hydrogens (tertiary/aromatic N) is 4. The maximum absolute atomic E-state index is 8.85. The number of nitriles is 1. The molecule has 0 fully saturated rings. The predicted molar refractivity (Wildman–Crippen MR) is 83.9 cm³/mol. The summed E-state index contributed by atoms with van der Waals surface area (Å²) in [6, 6.07) is 10.2. The number of hydrogen-bond donors (Lipinski definition) is 0. The molecule has 5 heteroatoms. The molecule has 0 spiro atoms. The Balaban J connectivity index is 2.07. The van der Waals surface area contributed by atoms with Crippen molar-refractivity contribution in [1.29, 1.82) is 5.26 Å². The summed E-state index contributed by atoms with van der Waals surface area (Å²) < 4.78 is 5.33. The quantitative estimate of drug-likeness (QED) is 0.817. The summed E-state index contributed by atoms with van der Waals surface area (Å²) in [7, 11) is 0. The Bertz CT molecular complexity index is 637. The molecule has 0 aliphatic carbocycles. The Morgan fingerprint density at radius 1 is 1.14 bits per heavy atom. The van der Waals surface area contributed by atoms with Gasteiger partial charge in [0, 0.05) is 18.5 Å². The average Bonchev–Trinajstić information content (AvgIpc) is 2.96. The smallest absolute Gasteiger partial charge is 0.240 e. The highest BCUT2D eigenvalue weighted by Gasteiger charge is 2.16. The van der Waals surface area contributed by atoms with E-state index >= 15 is 0 Å². The van der Waals surface area contributed by atoms with E-state index in [-0.39, 0.29) is 5.92 Å². The van der Waals surface area contributed by atoms with Crippen LogP contribution in [0.2, 0.25) is 0 Å². The van der Waals surface area contributed by atoms with Crippen LogP contribution in [0, 0.1) is 11.3 Å². The molecule has 22 heavy (non-hydrogen) atoms. The molecule has 0 bridgehead atoms.